The van der Waals surface area contributed by atoms with Gasteiger partial charge in [0.1, 0.15) is 0 Å². The van der Waals surface area contributed by atoms with Crippen LogP contribution in [0, 0.1) is 13.8 Å². The first-order chi connectivity index (χ1) is 8.56. The van der Waals surface area contributed by atoms with E-state index >= 15 is 0 Å². The zero-order valence-electron chi connectivity index (χ0n) is 10.8. The second-order valence-corrected chi connectivity index (χ2v) is 5.36. The molecule has 0 aromatic heterocycles. The van der Waals surface area contributed by atoms with Gasteiger partial charge in [-0.1, -0.05) is 17.7 Å². The summed E-state index contributed by atoms with van der Waals surface area (Å²) < 4.78 is 0. The molecular weight excluding hydrogens is 248 g/mol. The molecular formula is C14H19ClN2O. The lowest BCUT2D eigenvalue weighted by Gasteiger charge is -2.12. The molecule has 0 radical (unpaired) electrons. The van der Waals surface area contributed by atoms with Crippen LogP contribution < -0.4 is 10.6 Å². The van der Waals surface area contributed by atoms with Crippen LogP contribution in [0.1, 0.15) is 30.4 Å². The third kappa shape index (κ3) is 3.64. The Labute approximate surface area is 113 Å². The highest BCUT2D eigenvalue weighted by Gasteiger charge is 2.22. The summed E-state index contributed by atoms with van der Waals surface area (Å²) in [5.41, 5.74) is 3.19. The first-order valence-corrected chi connectivity index (χ1v) is 6.74. The molecule has 1 fully saturated rings. The molecule has 4 heteroatoms. The molecule has 0 heterocycles. The molecule has 98 valence electrons. The van der Waals surface area contributed by atoms with Crippen molar-refractivity contribution in [2.75, 3.05) is 11.9 Å². The molecule has 2 rings (SSSR count). The number of aryl methyl sites for hydroxylation is 2. The van der Waals surface area contributed by atoms with Crippen LogP contribution in [0.25, 0.3) is 0 Å². The Bertz CT molecular complexity index is 432. The number of rotatable bonds is 5. The summed E-state index contributed by atoms with van der Waals surface area (Å²) >= 11 is 6.18. The third-order valence-corrected chi connectivity index (χ3v) is 3.33. The molecule has 2 N–H and O–H groups in total. The van der Waals surface area contributed by atoms with Crippen molar-refractivity contribution < 1.29 is 4.79 Å². The maximum atomic E-state index is 11.5. The van der Waals surface area contributed by atoms with Crippen molar-refractivity contribution in [2.24, 2.45) is 0 Å². The maximum Gasteiger partial charge on any atom is 0.221 e. The van der Waals surface area contributed by atoms with Gasteiger partial charge in [0.05, 0.1) is 10.7 Å². The first kappa shape index (κ1) is 13.2. The Morgan fingerprint density at radius 3 is 2.72 bits per heavy atom. The quantitative estimate of drug-likeness (QED) is 0.860. The van der Waals surface area contributed by atoms with Crippen LogP contribution in [0.5, 0.6) is 0 Å². The average Bonchev–Trinajstić information content (AvgIpc) is 3.05. The fraction of sp³-hybridized carbons (Fsp3) is 0.500. The number of amides is 1. The summed E-state index contributed by atoms with van der Waals surface area (Å²) in [7, 11) is 0. The average molecular weight is 267 g/mol. The fourth-order valence-electron chi connectivity index (χ4n) is 1.97. The van der Waals surface area contributed by atoms with Gasteiger partial charge in [-0.25, -0.2) is 0 Å². The lowest BCUT2D eigenvalue weighted by molar-refractivity contribution is -0.120. The van der Waals surface area contributed by atoms with Crippen molar-refractivity contribution in [1.29, 1.82) is 0 Å². The van der Waals surface area contributed by atoms with E-state index in [9.17, 15) is 4.79 Å². The molecule has 1 amide bonds. The van der Waals surface area contributed by atoms with Gasteiger partial charge in [0.2, 0.25) is 5.91 Å². The number of halogens is 1. The molecule has 0 saturated heterocycles. The molecule has 0 unspecified atom stereocenters. The van der Waals surface area contributed by atoms with Crippen LogP contribution in [-0.4, -0.2) is 18.5 Å². The zero-order chi connectivity index (χ0) is 13.1. The van der Waals surface area contributed by atoms with E-state index in [1.807, 2.05) is 19.9 Å². The summed E-state index contributed by atoms with van der Waals surface area (Å²) in [5, 5.41) is 6.92. The van der Waals surface area contributed by atoms with Crippen molar-refractivity contribution in [3.63, 3.8) is 0 Å². The van der Waals surface area contributed by atoms with Crippen molar-refractivity contribution in [1.82, 2.24) is 5.32 Å². The number of nitrogens with one attached hydrogen (secondary N) is 2. The maximum absolute atomic E-state index is 11.5. The summed E-state index contributed by atoms with van der Waals surface area (Å²) in [6.07, 6.45) is 2.74. The van der Waals surface area contributed by atoms with E-state index in [4.69, 9.17) is 11.6 Å². The van der Waals surface area contributed by atoms with Gasteiger partial charge in [-0.2, -0.15) is 0 Å². The largest absolute Gasteiger partial charge is 0.383 e. The zero-order valence-corrected chi connectivity index (χ0v) is 11.6. The minimum absolute atomic E-state index is 0.117. The molecule has 1 aliphatic rings. The van der Waals surface area contributed by atoms with E-state index in [0.717, 1.165) is 34.7 Å². The molecule has 0 spiro atoms. The molecule has 0 atom stereocenters. The van der Waals surface area contributed by atoms with Crippen LogP contribution in [-0.2, 0) is 4.79 Å². The predicted molar refractivity (Wildman–Crippen MR) is 75.2 cm³/mol. The van der Waals surface area contributed by atoms with E-state index in [1.165, 1.54) is 0 Å². The standard InChI is InChI=1S/C14H19ClN2O/c1-9-7-10(2)14(12(15)8-9)16-6-5-13(18)17-11-3-4-11/h7-8,11,16H,3-6H2,1-2H3,(H,17,18). The van der Waals surface area contributed by atoms with Gasteiger partial charge in [0, 0.05) is 19.0 Å². The molecule has 0 bridgehead atoms. The smallest absolute Gasteiger partial charge is 0.221 e. The highest BCUT2D eigenvalue weighted by molar-refractivity contribution is 6.33. The second kappa shape index (κ2) is 5.61. The number of benzene rings is 1. The monoisotopic (exact) mass is 266 g/mol. The van der Waals surface area contributed by atoms with Crippen LogP contribution in [0.3, 0.4) is 0 Å². The molecule has 18 heavy (non-hydrogen) atoms. The number of carbonyl (C=O) groups excluding carboxylic acids is 1. The van der Waals surface area contributed by atoms with Crippen LogP contribution in [0.2, 0.25) is 5.02 Å². The van der Waals surface area contributed by atoms with Gasteiger partial charge in [-0.05, 0) is 43.9 Å². The number of anilines is 1. The van der Waals surface area contributed by atoms with Gasteiger partial charge >= 0.3 is 0 Å². The lowest BCUT2D eigenvalue weighted by atomic mass is 10.1. The fourth-order valence-corrected chi connectivity index (χ4v) is 2.36. The van der Waals surface area contributed by atoms with Crippen molar-refractivity contribution in [3.8, 4) is 0 Å². The summed E-state index contributed by atoms with van der Waals surface area (Å²) in [6.45, 7) is 4.65. The van der Waals surface area contributed by atoms with Gasteiger partial charge in [0.25, 0.3) is 0 Å². The number of hydrogen-bond donors (Lipinski definition) is 2. The van der Waals surface area contributed by atoms with E-state index < -0.39 is 0 Å². The molecule has 0 aliphatic heterocycles. The molecule has 3 nitrogen and oxygen atoms in total. The van der Waals surface area contributed by atoms with Crippen LogP contribution >= 0.6 is 11.6 Å². The van der Waals surface area contributed by atoms with Crippen LogP contribution in [0.4, 0.5) is 5.69 Å². The van der Waals surface area contributed by atoms with E-state index in [2.05, 4.69) is 16.7 Å². The predicted octanol–water partition coefficient (Wildman–Crippen LogP) is 3.04. The molecule has 1 aliphatic carbocycles. The van der Waals surface area contributed by atoms with Gasteiger partial charge in [-0.3, -0.25) is 4.79 Å². The minimum atomic E-state index is 0.117. The van der Waals surface area contributed by atoms with Crippen molar-refractivity contribution in [3.05, 3.63) is 28.3 Å². The Kier molecular flexibility index (Phi) is 4.12. The Hall–Kier alpha value is -1.22. The van der Waals surface area contributed by atoms with E-state index in [0.29, 0.717) is 19.0 Å². The normalized spacial score (nSPS) is 14.4. The third-order valence-electron chi connectivity index (χ3n) is 3.03. The first-order valence-electron chi connectivity index (χ1n) is 6.36. The second-order valence-electron chi connectivity index (χ2n) is 4.96. The van der Waals surface area contributed by atoms with E-state index in [-0.39, 0.29) is 5.91 Å². The van der Waals surface area contributed by atoms with Crippen molar-refractivity contribution >= 4 is 23.2 Å². The van der Waals surface area contributed by atoms with Gasteiger partial charge < -0.3 is 10.6 Å². The van der Waals surface area contributed by atoms with Crippen molar-refractivity contribution in [2.45, 2.75) is 39.2 Å². The number of hydrogen-bond acceptors (Lipinski definition) is 2. The van der Waals surface area contributed by atoms with Gasteiger partial charge in [-0.15, -0.1) is 0 Å². The topological polar surface area (TPSA) is 41.1 Å². The van der Waals surface area contributed by atoms with E-state index in [1.54, 1.807) is 0 Å². The van der Waals surface area contributed by atoms with Crippen LogP contribution in [0.15, 0.2) is 12.1 Å². The SMILES string of the molecule is Cc1cc(C)c(NCCC(=O)NC2CC2)c(Cl)c1. The Balaban J connectivity index is 1.84. The molecule has 1 aromatic rings. The highest BCUT2D eigenvalue weighted by Crippen LogP contribution is 2.27. The summed E-state index contributed by atoms with van der Waals surface area (Å²) in [4.78, 5) is 11.5. The summed E-state index contributed by atoms with van der Waals surface area (Å²) in [5.74, 6) is 0.117. The molecule has 1 aromatic carbocycles. The summed E-state index contributed by atoms with van der Waals surface area (Å²) in [6, 6.07) is 4.45. The lowest BCUT2D eigenvalue weighted by Crippen LogP contribution is -2.27. The highest BCUT2D eigenvalue weighted by atomic mass is 35.5. The number of carbonyl (C=O) groups is 1. The minimum Gasteiger partial charge on any atom is -0.383 e. The van der Waals surface area contributed by atoms with Gasteiger partial charge in [0.15, 0.2) is 0 Å². The Morgan fingerprint density at radius 1 is 1.39 bits per heavy atom. The molecule has 1 saturated carbocycles. The Morgan fingerprint density at radius 2 is 2.11 bits per heavy atom.